The number of halogens is 1. The second kappa shape index (κ2) is 3.81. The second-order valence-electron chi connectivity index (χ2n) is 2.98. The summed E-state index contributed by atoms with van der Waals surface area (Å²) in [4.78, 5) is 10.6. The number of carboxylic acid groups (broad SMARTS) is 1. The molecule has 1 unspecified atom stereocenters. The highest BCUT2D eigenvalue weighted by Crippen LogP contribution is 2.20. The van der Waals surface area contributed by atoms with Gasteiger partial charge in [0.05, 0.1) is 5.92 Å². The van der Waals surface area contributed by atoms with Crippen molar-refractivity contribution in [3.05, 3.63) is 0 Å². The molecular formula is C6H10ClNO4S. The van der Waals surface area contributed by atoms with E-state index in [0.717, 1.165) is 4.31 Å². The molecule has 1 atom stereocenters. The Balaban J connectivity index is 2.67. The molecule has 1 heterocycles. The average Bonchev–Trinajstić information content (AvgIpc) is 2.03. The van der Waals surface area contributed by atoms with Crippen molar-refractivity contribution in [1.82, 2.24) is 4.31 Å². The molecule has 7 heteroatoms. The molecule has 76 valence electrons. The number of hydrogen-bond donors (Lipinski definition) is 1. The van der Waals surface area contributed by atoms with Crippen LogP contribution in [0.25, 0.3) is 0 Å². The molecule has 0 aromatic carbocycles. The van der Waals surface area contributed by atoms with Crippen LogP contribution in [0.2, 0.25) is 0 Å². The molecule has 0 aliphatic carbocycles. The zero-order valence-corrected chi connectivity index (χ0v) is 8.38. The molecule has 1 fully saturated rings. The maximum absolute atomic E-state index is 10.9. The average molecular weight is 228 g/mol. The van der Waals surface area contributed by atoms with Gasteiger partial charge in [0.25, 0.3) is 9.24 Å². The number of piperidine rings is 1. The molecule has 1 rings (SSSR count). The summed E-state index contributed by atoms with van der Waals surface area (Å²) in [6, 6.07) is 0. The lowest BCUT2D eigenvalue weighted by Crippen LogP contribution is -2.40. The minimum atomic E-state index is -3.75. The van der Waals surface area contributed by atoms with Crippen molar-refractivity contribution in [2.24, 2.45) is 5.92 Å². The van der Waals surface area contributed by atoms with Gasteiger partial charge in [0.15, 0.2) is 0 Å². The molecule has 1 aliphatic rings. The van der Waals surface area contributed by atoms with Crippen molar-refractivity contribution < 1.29 is 18.3 Å². The van der Waals surface area contributed by atoms with Crippen molar-refractivity contribution in [3.8, 4) is 0 Å². The summed E-state index contributed by atoms with van der Waals surface area (Å²) in [5.41, 5.74) is 0. The van der Waals surface area contributed by atoms with Crippen LogP contribution >= 0.6 is 10.7 Å². The van der Waals surface area contributed by atoms with Crippen LogP contribution in [0.15, 0.2) is 0 Å². The largest absolute Gasteiger partial charge is 0.481 e. The van der Waals surface area contributed by atoms with E-state index in [4.69, 9.17) is 15.8 Å². The van der Waals surface area contributed by atoms with Crippen LogP contribution in [0, 0.1) is 5.92 Å². The van der Waals surface area contributed by atoms with Gasteiger partial charge in [0.1, 0.15) is 0 Å². The van der Waals surface area contributed by atoms with Crippen LogP contribution in [0.1, 0.15) is 12.8 Å². The first-order valence-corrected chi connectivity index (χ1v) is 6.10. The molecule has 0 aromatic heterocycles. The maximum Gasteiger partial charge on any atom is 0.307 e. The minimum absolute atomic E-state index is 0.0127. The highest BCUT2D eigenvalue weighted by atomic mass is 35.7. The van der Waals surface area contributed by atoms with Gasteiger partial charge >= 0.3 is 5.97 Å². The normalized spacial score (nSPS) is 25.8. The van der Waals surface area contributed by atoms with Gasteiger partial charge in [0, 0.05) is 23.8 Å². The zero-order chi connectivity index (χ0) is 10.1. The fourth-order valence-electron chi connectivity index (χ4n) is 1.34. The predicted octanol–water partition coefficient (Wildman–Crippen LogP) is 0.267. The number of hydrogen-bond acceptors (Lipinski definition) is 3. The van der Waals surface area contributed by atoms with E-state index in [2.05, 4.69) is 0 Å². The lowest BCUT2D eigenvalue weighted by Gasteiger charge is -2.27. The lowest BCUT2D eigenvalue weighted by molar-refractivity contribution is -0.142. The Labute approximate surface area is 80.8 Å². The molecule has 0 aromatic rings. The Morgan fingerprint density at radius 2 is 2.15 bits per heavy atom. The van der Waals surface area contributed by atoms with E-state index in [1.54, 1.807) is 0 Å². The van der Waals surface area contributed by atoms with Crippen molar-refractivity contribution in [1.29, 1.82) is 0 Å². The van der Waals surface area contributed by atoms with E-state index in [9.17, 15) is 13.2 Å². The summed E-state index contributed by atoms with van der Waals surface area (Å²) >= 11 is 0. The number of nitrogens with zero attached hydrogens (tertiary/aromatic N) is 1. The maximum atomic E-state index is 10.9. The van der Waals surface area contributed by atoms with Gasteiger partial charge in [-0.15, -0.1) is 0 Å². The first-order valence-electron chi connectivity index (χ1n) is 3.84. The third-order valence-corrected chi connectivity index (χ3v) is 3.58. The van der Waals surface area contributed by atoms with Crippen LogP contribution in [-0.4, -0.2) is 36.9 Å². The monoisotopic (exact) mass is 227 g/mol. The van der Waals surface area contributed by atoms with Crippen LogP contribution < -0.4 is 0 Å². The molecule has 1 aliphatic heterocycles. The number of carbonyl (C=O) groups is 1. The summed E-state index contributed by atoms with van der Waals surface area (Å²) in [5, 5.41) is 8.66. The van der Waals surface area contributed by atoms with Gasteiger partial charge in [0.2, 0.25) is 0 Å². The smallest absolute Gasteiger partial charge is 0.307 e. The number of aliphatic carboxylic acids is 1. The summed E-state index contributed by atoms with van der Waals surface area (Å²) < 4.78 is 22.7. The molecule has 13 heavy (non-hydrogen) atoms. The Morgan fingerprint density at radius 1 is 1.54 bits per heavy atom. The quantitative estimate of drug-likeness (QED) is 0.687. The fraction of sp³-hybridized carbons (Fsp3) is 0.833. The fourth-order valence-corrected chi connectivity index (χ4v) is 2.42. The van der Waals surface area contributed by atoms with Crippen LogP contribution in [0.5, 0.6) is 0 Å². The Bertz CT molecular complexity index is 302. The van der Waals surface area contributed by atoms with E-state index in [1.165, 1.54) is 0 Å². The molecule has 1 N–H and O–H groups in total. The Hall–Kier alpha value is -0.330. The highest BCUT2D eigenvalue weighted by Gasteiger charge is 2.30. The van der Waals surface area contributed by atoms with Gasteiger partial charge < -0.3 is 5.11 Å². The first-order chi connectivity index (χ1) is 5.91. The van der Waals surface area contributed by atoms with Crippen LogP contribution in [0.4, 0.5) is 0 Å². The topological polar surface area (TPSA) is 74.7 Å². The standard InChI is InChI=1S/C6H10ClNO4S/c7-13(11,12)8-3-1-2-5(4-8)6(9)10/h5H,1-4H2,(H,9,10). The highest BCUT2D eigenvalue weighted by molar-refractivity contribution is 8.11. The van der Waals surface area contributed by atoms with Crippen molar-refractivity contribution in [3.63, 3.8) is 0 Å². The van der Waals surface area contributed by atoms with Crippen LogP contribution in [-0.2, 0) is 14.0 Å². The van der Waals surface area contributed by atoms with Gasteiger partial charge in [-0.1, -0.05) is 0 Å². The van der Waals surface area contributed by atoms with Crippen molar-refractivity contribution in [2.45, 2.75) is 12.8 Å². The zero-order valence-electron chi connectivity index (χ0n) is 6.81. The van der Waals surface area contributed by atoms with Crippen LogP contribution in [0.3, 0.4) is 0 Å². The van der Waals surface area contributed by atoms with Crippen molar-refractivity contribution >= 4 is 25.9 Å². The van der Waals surface area contributed by atoms with E-state index in [1.807, 2.05) is 0 Å². The summed E-state index contributed by atoms with van der Waals surface area (Å²) in [7, 11) is 1.34. The molecule has 0 saturated carbocycles. The van der Waals surface area contributed by atoms with E-state index in [-0.39, 0.29) is 6.54 Å². The molecule has 1 saturated heterocycles. The molecule has 0 spiro atoms. The third-order valence-electron chi connectivity index (χ3n) is 2.04. The van der Waals surface area contributed by atoms with Gasteiger partial charge in [-0.3, -0.25) is 4.79 Å². The molecule has 0 amide bonds. The molecule has 0 radical (unpaired) electrons. The number of rotatable bonds is 2. The molecule has 0 bridgehead atoms. The minimum Gasteiger partial charge on any atom is -0.481 e. The van der Waals surface area contributed by atoms with Gasteiger partial charge in [-0.25, -0.2) is 0 Å². The van der Waals surface area contributed by atoms with E-state index in [0.29, 0.717) is 19.4 Å². The van der Waals surface area contributed by atoms with Gasteiger partial charge in [-0.05, 0) is 12.8 Å². The molecule has 5 nitrogen and oxygen atoms in total. The second-order valence-corrected chi connectivity index (χ2v) is 5.49. The summed E-state index contributed by atoms with van der Waals surface area (Å²) in [5.74, 6) is -1.59. The summed E-state index contributed by atoms with van der Waals surface area (Å²) in [6.07, 6.45) is 1.06. The van der Waals surface area contributed by atoms with E-state index >= 15 is 0 Å². The first kappa shape index (κ1) is 10.7. The third kappa shape index (κ3) is 2.82. The number of carboxylic acids is 1. The Kier molecular flexibility index (Phi) is 3.15. The lowest BCUT2D eigenvalue weighted by atomic mass is 10.0. The van der Waals surface area contributed by atoms with Gasteiger partial charge in [-0.2, -0.15) is 12.7 Å². The Morgan fingerprint density at radius 3 is 2.62 bits per heavy atom. The SMILES string of the molecule is O=C(O)C1CCCN(S(=O)(=O)Cl)C1. The van der Waals surface area contributed by atoms with Crippen molar-refractivity contribution in [2.75, 3.05) is 13.1 Å². The summed E-state index contributed by atoms with van der Waals surface area (Å²) in [6.45, 7) is 0.302. The predicted molar refractivity (Wildman–Crippen MR) is 46.7 cm³/mol. The van der Waals surface area contributed by atoms with E-state index < -0.39 is 21.1 Å². The molecular weight excluding hydrogens is 218 g/mol.